The Morgan fingerprint density at radius 2 is 1.97 bits per heavy atom. The van der Waals surface area contributed by atoms with Gasteiger partial charge in [0.25, 0.3) is 0 Å². The lowest BCUT2D eigenvalue weighted by molar-refractivity contribution is -0.141. The molecule has 1 saturated carbocycles. The first-order valence-electron chi connectivity index (χ1n) is 11.1. The van der Waals surface area contributed by atoms with Gasteiger partial charge in [-0.2, -0.15) is 0 Å². The van der Waals surface area contributed by atoms with Gasteiger partial charge in [-0.15, -0.1) is 6.58 Å². The summed E-state index contributed by atoms with van der Waals surface area (Å²) in [5, 5.41) is 6.15. The number of amides is 3. The molecule has 164 valence electrons. The first kappa shape index (κ1) is 21.1. The Bertz CT molecular complexity index is 780. The van der Waals surface area contributed by atoms with E-state index in [9.17, 15) is 14.4 Å². The summed E-state index contributed by atoms with van der Waals surface area (Å²) in [5.74, 6) is -1.90. The number of carbonyl (C=O) groups excluding carboxylic acids is 3. The Balaban J connectivity index is 1.63. The number of hydrogen-bond donors (Lipinski definition) is 2. The van der Waals surface area contributed by atoms with Gasteiger partial charge < -0.3 is 20.3 Å². The average molecular weight is 416 g/mol. The summed E-state index contributed by atoms with van der Waals surface area (Å²) in [4.78, 5) is 41.5. The topological polar surface area (TPSA) is 87.7 Å². The van der Waals surface area contributed by atoms with Crippen LogP contribution in [-0.2, 0) is 19.1 Å². The molecule has 2 N–H and O–H groups in total. The Hall–Kier alpha value is -2.15. The van der Waals surface area contributed by atoms with E-state index in [1.54, 1.807) is 6.08 Å². The van der Waals surface area contributed by atoms with Crippen LogP contribution in [0.4, 0.5) is 0 Å². The maximum absolute atomic E-state index is 13.5. The molecule has 0 radical (unpaired) electrons. The average Bonchev–Trinajstić information content (AvgIpc) is 3.29. The lowest BCUT2D eigenvalue weighted by Gasteiger charge is -2.34. The number of ether oxygens (including phenoxy) is 1. The minimum Gasteiger partial charge on any atom is -0.359 e. The highest BCUT2D eigenvalue weighted by molar-refractivity contribution is 6.00. The van der Waals surface area contributed by atoms with Crippen molar-refractivity contribution < 1.29 is 19.1 Å². The van der Waals surface area contributed by atoms with E-state index < -0.39 is 35.1 Å². The molecule has 1 spiro atoms. The van der Waals surface area contributed by atoms with Crippen LogP contribution in [0.25, 0.3) is 0 Å². The first-order valence-corrected chi connectivity index (χ1v) is 11.1. The van der Waals surface area contributed by atoms with Crippen molar-refractivity contribution in [3.8, 4) is 0 Å². The van der Waals surface area contributed by atoms with E-state index in [1.807, 2.05) is 32.9 Å². The minimum atomic E-state index is -1.10. The van der Waals surface area contributed by atoms with Crippen molar-refractivity contribution in [3.63, 3.8) is 0 Å². The molecule has 3 heterocycles. The highest BCUT2D eigenvalue weighted by Crippen LogP contribution is 2.55. The number of nitrogens with zero attached hydrogens (tertiary/aromatic N) is 1. The summed E-state index contributed by atoms with van der Waals surface area (Å²) < 4.78 is 6.27. The van der Waals surface area contributed by atoms with E-state index in [4.69, 9.17) is 4.74 Å². The molecule has 0 aromatic carbocycles. The molecule has 2 saturated heterocycles. The zero-order valence-corrected chi connectivity index (χ0v) is 18.1. The fraction of sp³-hybridized carbons (Fsp3) is 0.696. The lowest BCUT2D eigenvalue weighted by atomic mass is 9.74. The van der Waals surface area contributed by atoms with Crippen LogP contribution in [0.15, 0.2) is 24.8 Å². The van der Waals surface area contributed by atoms with Crippen LogP contribution >= 0.6 is 0 Å². The summed E-state index contributed by atoms with van der Waals surface area (Å²) in [6, 6.07) is -0.660. The second kappa shape index (κ2) is 7.52. The van der Waals surface area contributed by atoms with Gasteiger partial charge in [-0.25, -0.2) is 0 Å². The predicted molar refractivity (Wildman–Crippen MR) is 112 cm³/mol. The summed E-state index contributed by atoms with van der Waals surface area (Å²) in [7, 11) is 0. The summed E-state index contributed by atoms with van der Waals surface area (Å²) >= 11 is 0. The Kier molecular flexibility index (Phi) is 5.29. The molecule has 30 heavy (non-hydrogen) atoms. The quantitative estimate of drug-likeness (QED) is 0.669. The normalized spacial score (nSPS) is 35.4. The molecule has 5 atom stereocenters. The molecule has 7 nitrogen and oxygen atoms in total. The Morgan fingerprint density at radius 3 is 2.60 bits per heavy atom. The van der Waals surface area contributed by atoms with Gasteiger partial charge >= 0.3 is 0 Å². The van der Waals surface area contributed by atoms with E-state index in [2.05, 4.69) is 17.2 Å². The zero-order valence-electron chi connectivity index (χ0n) is 18.1. The molecule has 1 aliphatic carbocycles. The van der Waals surface area contributed by atoms with E-state index >= 15 is 0 Å². The second-order valence-corrected chi connectivity index (χ2v) is 10.1. The fourth-order valence-electron chi connectivity index (χ4n) is 5.59. The number of carbonyl (C=O) groups is 3. The molecule has 3 amide bonds. The molecule has 4 aliphatic rings. The molecule has 4 rings (SSSR count). The van der Waals surface area contributed by atoms with Gasteiger partial charge in [0.1, 0.15) is 11.6 Å². The minimum absolute atomic E-state index is 0.132. The molecule has 0 unspecified atom stereocenters. The van der Waals surface area contributed by atoms with Crippen molar-refractivity contribution in [1.29, 1.82) is 0 Å². The lowest BCUT2D eigenvalue weighted by Crippen LogP contribution is -2.58. The second-order valence-electron chi connectivity index (χ2n) is 10.1. The third kappa shape index (κ3) is 3.37. The third-order valence-corrected chi connectivity index (χ3v) is 6.70. The molecule has 3 fully saturated rings. The highest BCUT2D eigenvalue weighted by atomic mass is 16.5. The van der Waals surface area contributed by atoms with Crippen molar-refractivity contribution in [1.82, 2.24) is 15.5 Å². The number of likely N-dealkylation sites (tertiary alicyclic amines) is 1. The molecule has 0 aromatic rings. The fourth-order valence-corrected chi connectivity index (χ4v) is 5.59. The van der Waals surface area contributed by atoms with Crippen molar-refractivity contribution in [2.24, 2.45) is 11.8 Å². The molecule has 3 aliphatic heterocycles. The van der Waals surface area contributed by atoms with E-state index in [1.165, 1.54) is 11.3 Å². The molecular weight excluding hydrogens is 382 g/mol. The van der Waals surface area contributed by atoms with Crippen molar-refractivity contribution >= 4 is 17.7 Å². The van der Waals surface area contributed by atoms with Gasteiger partial charge in [0.05, 0.1) is 17.9 Å². The van der Waals surface area contributed by atoms with Crippen LogP contribution < -0.4 is 10.6 Å². The molecular formula is C23H33N3O4. The van der Waals surface area contributed by atoms with E-state index in [0.717, 1.165) is 25.7 Å². The highest BCUT2D eigenvalue weighted by Gasteiger charge is 2.72. The van der Waals surface area contributed by atoms with Crippen molar-refractivity contribution in [2.75, 3.05) is 6.54 Å². The maximum atomic E-state index is 13.5. The first-order chi connectivity index (χ1) is 14.2. The van der Waals surface area contributed by atoms with Gasteiger partial charge in [-0.05, 0) is 33.6 Å². The largest absolute Gasteiger partial charge is 0.359 e. The van der Waals surface area contributed by atoms with E-state index in [-0.39, 0.29) is 30.3 Å². The van der Waals surface area contributed by atoms with Crippen LogP contribution in [0.2, 0.25) is 0 Å². The number of rotatable bonds is 5. The van der Waals surface area contributed by atoms with Gasteiger partial charge in [-0.3, -0.25) is 14.4 Å². The monoisotopic (exact) mass is 415 g/mol. The molecule has 7 heteroatoms. The van der Waals surface area contributed by atoms with Crippen LogP contribution in [0, 0.1) is 11.8 Å². The van der Waals surface area contributed by atoms with Gasteiger partial charge in [0.15, 0.2) is 0 Å². The summed E-state index contributed by atoms with van der Waals surface area (Å²) in [6.07, 6.45) is 10.2. The van der Waals surface area contributed by atoms with Gasteiger partial charge in [0, 0.05) is 18.1 Å². The number of hydrogen-bond acceptors (Lipinski definition) is 4. The summed E-state index contributed by atoms with van der Waals surface area (Å²) in [6.45, 7) is 9.68. The predicted octanol–water partition coefficient (Wildman–Crippen LogP) is 1.69. The van der Waals surface area contributed by atoms with Gasteiger partial charge in [-0.1, -0.05) is 37.5 Å². The smallest absolute Gasteiger partial charge is 0.246 e. The third-order valence-electron chi connectivity index (χ3n) is 6.70. The van der Waals surface area contributed by atoms with Crippen molar-refractivity contribution in [2.45, 2.75) is 82.2 Å². The van der Waals surface area contributed by atoms with Crippen molar-refractivity contribution in [3.05, 3.63) is 24.8 Å². The summed E-state index contributed by atoms with van der Waals surface area (Å²) in [5.41, 5.74) is -1.55. The van der Waals surface area contributed by atoms with Crippen LogP contribution in [-0.4, -0.2) is 58.5 Å². The number of nitrogens with one attached hydrogen (secondary N) is 2. The Morgan fingerprint density at radius 1 is 1.27 bits per heavy atom. The maximum Gasteiger partial charge on any atom is 0.246 e. The van der Waals surface area contributed by atoms with Crippen LogP contribution in [0.5, 0.6) is 0 Å². The molecule has 2 bridgehead atoms. The van der Waals surface area contributed by atoms with Crippen LogP contribution in [0.1, 0.15) is 52.9 Å². The number of fused-ring (bicyclic) bond motifs is 1. The SMILES string of the molecule is C=CCN1C(=O)[C@H]2[C@@H](C(=O)NC3CCCCC3)[C@H]3C=C[C@]2(O3)[C@@H]1C(=O)NC(C)(C)C. The van der Waals surface area contributed by atoms with Crippen LogP contribution in [0.3, 0.4) is 0 Å². The Labute approximate surface area is 178 Å². The van der Waals surface area contributed by atoms with E-state index in [0.29, 0.717) is 0 Å². The zero-order chi connectivity index (χ0) is 21.7. The standard InChI is InChI=1S/C23H33N3O4/c1-5-13-26-18(20(28)25-22(2,3)4)23-12-11-15(30-23)16(17(23)21(26)29)19(27)24-14-9-7-6-8-10-14/h5,11-12,14-18H,1,6-10,13H2,2-4H3,(H,24,27)(H,25,28)/t15-,16+,17-,18+,23-/m1/s1. The molecule has 0 aromatic heterocycles. The van der Waals surface area contributed by atoms with Gasteiger partial charge in [0.2, 0.25) is 17.7 Å².